The number of aromatic carboxylic acids is 1. The van der Waals surface area contributed by atoms with Gasteiger partial charge in [0.25, 0.3) is 0 Å². The first kappa shape index (κ1) is 20.8. The molecule has 4 rings (SSSR count). The lowest BCUT2D eigenvalue weighted by molar-refractivity contribution is 0.0696. The molecule has 2 aromatic carbocycles. The number of nitrogens with one attached hydrogen (secondary N) is 1. The normalized spacial score (nSPS) is 10.7. The molecule has 0 unspecified atom stereocenters. The fourth-order valence-corrected chi connectivity index (χ4v) is 4.85. The predicted molar refractivity (Wildman–Crippen MR) is 125 cm³/mol. The minimum Gasteiger partial charge on any atom is -0.478 e. The van der Waals surface area contributed by atoms with Crippen LogP contribution in [0.25, 0.3) is 21.3 Å². The molecular weight excluding hydrogens is 428 g/mol. The van der Waals surface area contributed by atoms with E-state index in [4.69, 9.17) is 0 Å². The van der Waals surface area contributed by atoms with Crippen LogP contribution < -0.4 is 5.32 Å². The summed E-state index contributed by atoms with van der Waals surface area (Å²) < 4.78 is 1.11. The third-order valence-corrected chi connectivity index (χ3v) is 6.78. The maximum Gasteiger partial charge on any atom is 0.335 e. The summed E-state index contributed by atoms with van der Waals surface area (Å²) >= 11 is 6.03. The first-order chi connectivity index (χ1) is 15.0. The maximum atomic E-state index is 11.3. The van der Waals surface area contributed by atoms with Crippen molar-refractivity contribution in [2.24, 2.45) is 0 Å². The van der Waals surface area contributed by atoms with E-state index in [1.54, 1.807) is 19.1 Å². The van der Waals surface area contributed by atoms with E-state index in [0.717, 1.165) is 26.1 Å². The zero-order chi connectivity index (χ0) is 22.0. The van der Waals surface area contributed by atoms with Crippen LogP contribution in [0.5, 0.6) is 0 Å². The quantitative estimate of drug-likeness (QED) is 0.353. The van der Waals surface area contributed by atoms with E-state index in [2.05, 4.69) is 34.0 Å². The molecule has 0 saturated carbocycles. The topological polar surface area (TPSA) is 98.9 Å². The van der Waals surface area contributed by atoms with Crippen molar-refractivity contribution in [3.05, 3.63) is 70.4 Å². The molecule has 2 heterocycles. The molecule has 6 nitrogen and oxygen atoms in total. The standard InChI is InChI=1S/C23H18N4O2S2/c1-13-14(23(28)29)6-7-17(22(13)30)18-10-21(27-12-26-18)25-9-8-16-15-4-2-3-5-19(15)31-20(16)11-24/h2-7,10,12,30H,8-9H2,1H3,(H,28,29)(H,25,26,27). The third-order valence-electron chi connectivity index (χ3n) is 5.09. The minimum absolute atomic E-state index is 0.220. The number of aromatic nitrogens is 2. The summed E-state index contributed by atoms with van der Waals surface area (Å²) in [5, 5.41) is 23.2. The second-order valence-electron chi connectivity index (χ2n) is 6.92. The Kier molecular flexibility index (Phi) is 5.89. The Morgan fingerprint density at radius 3 is 2.84 bits per heavy atom. The number of fused-ring (bicyclic) bond motifs is 1. The molecule has 0 spiro atoms. The lowest BCUT2D eigenvalue weighted by Gasteiger charge is -2.11. The molecule has 154 valence electrons. The van der Waals surface area contributed by atoms with Crippen molar-refractivity contribution in [2.45, 2.75) is 18.2 Å². The van der Waals surface area contributed by atoms with Crippen molar-refractivity contribution in [3.8, 4) is 17.3 Å². The van der Waals surface area contributed by atoms with Gasteiger partial charge in [-0.15, -0.1) is 24.0 Å². The average molecular weight is 447 g/mol. The highest BCUT2D eigenvalue weighted by Gasteiger charge is 2.15. The molecule has 0 saturated heterocycles. The number of carbonyl (C=O) groups is 1. The number of nitriles is 1. The van der Waals surface area contributed by atoms with Crippen LogP contribution >= 0.6 is 24.0 Å². The van der Waals surface area contributed by atoms with Gasteiger partial charge in [0.15, 0.2) is 0 Å². The van der Waals surface area contributed by atoms with E-state index in [1.165, 1.54) is 17.7 Å². The molecular formula is C23H18N4O2S2. The van der Waals surface area contributed by atoms with Crippen LogP contribution in [0.3, 0.4) is 0 Å². The average Bonchev–Trinajstić information content (AvgIpc) is 3.13. The lowest BCUT2D eigenvalue weighted by atomic mass is 10.0. The summed E-state index contributed by atoms with van der Waals surface area (Å²) in [6, 6.07) is 15.4. The van der Waals surface area contributed by atoms with Crippen molar-refractivity contribution >= 4 is 45.8 Å². The number of hydrogen-bond donors (Lipinski definition) is 3. The third kappa shape index (κ3) is 4.10. The van der Waals surface area contributed by atoms with E-state index < -0.39 is 5.97 Å². The zero-order valence-corrected chi connectivity index (χ0v) is 18.3. The minimum atomic E-state index is -0.984. The van der Waals surface area contributed by atoms with Crippen LogP contribution in [-0.2, 0) is 6.42 Å². The molecule has 8 heteroatoms. The molecule has 0 aliphatic carbocycles. The number of nitrogens with zero attached hydrogens (tertiary/aromatic N) is 3. The number of benzene rings is 2. The highest BCUT2D eigenvalue weighted by Crippen LogP contribution is 2.32. The summed E-state index contributed by atoms with van der Waals surface area (Å²) in [6.45, 7) is 2.34. The van der Waals surface area contributed by atoms with E-state index in [0.29, 0.717) is 34.9 Å². The Balaban J connectivity index is 1.54. The van der Waals surface area contributed by atoms with Crippen molar-refractivity contribution < 1.29 is 9.90 Å². The van der Waals surface area contributed by atoms with Gasteiger partial charge in [-0.3, -0.25) is 0 Å². The number of rotatable bonds is 6. The Morgan fingerprint density at radius 1 is 1.26 bits per heavy atom. The molecule has 31 heavy (non-hydrogen) atoms. The van der Waals surface area contributed by atoms with Gasteiger partial charge in [0.2, 0.25) is 0 Å². The molecule has 0 amide bonds. The van der Waals surface area contributed by atoms with Gasteiger partial charge in [0.05, 0.1) is 11.3 Å². The van der Waals surface area contributed by atoms with Crippen LogP contribution in [0.15, 0.2) is 53.7 Å². The van der Waals surface area contributed by atoms with Gasteiger partial charge in [-0.25, -0.2) is 14.8 Å². The predicted octanol–water partition coefficient (Wildman–Crippen LogP) is 5.18. The molecule has 0 aliphatic rings. The van der Waals surface area contributed by atoms with Crippen molar-refractivity contribution in [1.29, 1.82) is 5.26 Å². The molecule has 0 fully saturated rings. The number of hydrogen-bond acceptors (Lipinski definition) is 7. The van der Waals surface area contributed by atoms with Gasteiger partial charge in [-0.1, -0.05) is 24.3 Å². The van der Waals surface area contributed by atoms with Crippen molar-refractivity contribution in [1.82, 2.24) is 9.97 Å². The number of carboxylic acids is 1. The van der Waals surface area contributed by atoms with E-state index in [-0.39, 0.29) is 5.56 Å². The van der Waals surface area contributed by atoms with Crippen LogP contribution in [0.2, 0.25) is 0 Å². The Labute approximate surface area is 188 Å². The fraction of sp³-hybridized carbons (Fsp3) is 0.130. The van der Waals surface area contributed by atoms with Crippen molar-refractivity contribution in [2.75, 3.05) is 11.9 Å². The second-order valence-corrected chi connectivity index (χ2v) is 8.42. The molecule has 4 aromatic rings. The largest absolute Gasteiger partial charge is 0.478 e. The monoisotopic (exact) mass is 446 g/mol. The van der Waals surface area contributed by atoms with Crippen LogP contribution in [-0.4, -0.2) is 27.6 Å². The van der Waals surface area contributed by atoms with Crippen LogP contribution in [0, 0.1) is 18.3 Å². The summed E-state index contributed by atoms with van der Waals surface area (Å²) in [5.41, 5.74) is 3.25. The highest BCUT2D eigenvalue weighted by atomic mass is 32.1. The summed E-state index contributed by atoms with van der Waals surface area (Å²) in [4.78, 5) is 21.2. The van der Waals surface area contributed by atoms with Gasteiger partial charge in [0.1, 0.15) is 23.1 Å². The zero-order valence-electron chi connectivity index (χ0n) is 16.6. The van der Waals surface area contributed by atoms with Gasteiger partial charge in [0, 0.05) is 27.8 Å². The molecule has 2 N–H and O–H groups in total. The summed E-state index contributed by atoms with van der Waals surface area (Å²) in [6.07, 6.45) is 2.16. The smallest absolute Gasteiger partial charge is 0.335 e. The summed E-state index contributed by atoms with van der Waals surface area (Å²) in [5.74, 6) is -0.335. The Bertz CT molecular complexity index is 1340. The van der Waals surface area contributed by atoms with Crippen LogP contribution in [0.4, 0.5) is 5.82 Å². The van der Waals surface area contributed by atoms with E-state index in [1.807, 2.05) is 30.3 Å². The number of thiol groups is 1. The van der Waals surface area contributed by atoms with Gasteiger partial charge in [-0.2, -0.15) is 5.26 Å². The maximum absolute atomic E-state index is 11.3. The fourth-order valence-electron chi connectivity index (χ4n) is 3.49. The lowest BCUT2D eigenvalue weighted by Crippen LogP contribution is -2.07. The number of thiophene rings is 1. The summed E-state index contributed by atoms with van der Waals surface area (Å²) in [7, 11) is 0. The number of carboxylic acid groups (broad SMARTS) is 1. The van der Waals surface area contributed by atoms with Gasteiger partial charge < -0.3 is 10.4 Å². The molecule has 0 bridgehead atoms. The Hall–Kier alpha value is -3.41. The highest BCUT2D eigenvalue weighted by molar-refractivity contribution is 7.80. The first-order valence-corrected chi connectivity index (χ1v) is 10.8. The van der Waals surface area contributed by atoms with Crippen molar-refractivity contribution in [3.63, 3.8) is 0 Å². The van der Waals surface area contributed by atoms with Gasteiger partial charge >= 0.3 is 5.97 Å². The second kappa shape index (κ2) is 8.76. The first-order valence-electron chi connectivity index (χ1n) is 9.52. The SMILES string of the molecule is Cc1c(C(=O)O)ccc(-c2cc(NCCc3c(C#N)sc4ccccc34)ncn2)c1S. The van der Waals surface area contributed by atoms with Crippen LogP contribution in [0.1, 0.15) is 26.4 Å². The molecule has 0 atom stereocenters. The molecule has 2 aromatic heterocycles. The van der Waals surface area contributed by atoms with E-state index in [9.17, 15) is 15.2 Å². The molecule has 0 radical (unpaired) electrons. The van der Waals surface area contributed by atoms with Gasteiger partial charge in [-0.05, 0) is 42.0 Å². The number of anilines is 1. The van der Waals surface area contributed by atoms with E-state index >= 15 is 0 Å². The Morgan fingerprint density at radius 2 is 2.06 bits per heavy atom. The molecule has 0 aliphatic heterocycles.